The number of carboxylic acids is 2. The number of aromatic hydroxyl groups is 1. The van der Waals surface area contributed by atoms with E-state index < -0.39 is 22.9 Å². The molecular weight excluding hydrogens is 662 g/mol. The van der Waals surface area contributed by atoms with Crippen LogP contribution in [0, 0.1) is 0 Å². The Morgan fingerprint density at radius 1 is 0.674 bits per heavy atom. The number of phenols is 1. The van der Waals surface area contributed by atoms with Crippen molar-refractivity contribution in [2.45, 2.75) is 0 Å². The van der Waals surface area contributed by atoms with Gasteiger partial charge in [-0.15, -0.1) is 0 Å². The van der Waals surface area contributed by atoms with E-state index >= 15 is 0 Å². The largest absolute Gasteiger partial charge is 0.506 e. The first kappa shape index (κ1) is 29.1. The second-order valence-corrected chi connectivity index (χ2v) is 11.4. The Labute approximate surface area is 266 Å². The normalized spacial score (nSPS) is 11.5. The Morgan fingerprint density at radius 3 is 2.05 bits per heavy atom. The molecule has 4 aromatic rings. The van der Waals surface area contributed by atoms with Crippen molar-refractivity contribution in [2.24, 2.45) is 0 Å². The van der Waals surface area contributed by atoms with Gasteiger partial charge >= 0.3 is 11.9 Å². The van der Waals surface area contributed by atoms with Crippen molar-refractivity contribution in [3.63, 3.8) is 0 Å². The maximum Gasteiger partial charge on any atom is 0.337 e. The summed E-state index contributed by atoms with van der Waals surface area (Å²) in [4.78, 5) is 37.4. The van der Waals surface area contributed by atoms with Crippen LogP contribution in [-0.4, -0.2) is 27.3 Å². The fourth-order valence-corrected chi connectivity index (χ4v) is 6.23. The van der Waals surface area contributed by atoms with E-state index in [0.717, 1.165) is 0 Å². The van der Waals surface area contributed by atoms with Gasteiger partial charge in [-0.1, -0.05) is 76.2 Å². The van der Waals surface area contributed by atoms with Crippen molar-refractivity contribution >= 4 is 91.7 Å². The third kappa shape index (κ3) is 4.74. The van der Waals surface area contributed by atoms with Gasteiger partial charge in [0.05, 0.1) is 36.2 Å². The number of carboxylic acid groups (broad SMARTS) is 2. The summed E-state index contributed by atoms with van der Waals surface area (Å²) >= 11 is 31.9. The molecule has 0 spiro atoms. The number of fused-ring (bicyclic) bond motifs is 3. The molecule has 2 aliphatic rings. The third-order valence-corrected chi connectivity index (χ3v) is 9.12. The monoisotopic (exact) mass is 672 g/mol. The number of hydrogen-bond acceptors (Lipinski definition) is 5. The van der Waals surface area contributed by atoms with Crippen LogP contribution >= 0.6 is 58.0 Å². The number of carbonyl (C=O) groups is 2. The first-order valence-corrected chi connectivity index (χ1v) is 14.1. The number of hydrogen-bond donors (Lipinski definition) is 3. The molecule has 0 radical (unpaired) electrons. The Morgan fingerprint density at radius 2 is 1.35 bits per heavy atom. The molecule has 7 nitrogen and oxygen atoms in total. The molecule has 214 valence electrons. The van der Waals surface area contributed by atoms with E-state index in [1.807, 2.05) is 0 Å². The second-order valence-electron chi connectivity index (χ2n) is 9.51. The van der Waals surface area contributed by atoms with Gasteiger partial charge in [0.15, 0.2) is 5.43 Å². The molecule has 43 heavy (non-hydrogen) atoms. The summed E-state index contributed by atoms with van der Waals surface area (Å²) in [6, 6.07) is 15.0. The molecular formula is C31H13Cl5O7. The van der Waals surface area contributed by atoms with Crippen LogP contribution in [0.4, 0.5) is 0 Å². The zero-order chi connectivity index (χ0) is 30.9. The van der Waals surface area contributed by atoms with Crippen LogP contribution in [0.5, 0.6) is 5.75 Å². The van der Waals surface area contributed by atoms with E-state index in [1.54, 1.807) is 24.3 Å². The van der Waals surface area contributed by atoms with Crippen LogP contribution in [0.3, 0.4) is 0 Å². The molecule has 1 aliphatic heterocycles. The van der Waals surface area contributed by atoms with E-state index in [1.165, 1.54) is 36.4 Å². The molecule has 0 saturated heterocycles. The summed E-state index contributed by atoms with van der Waals surface area (Å²) in [5.74, 6) is -2.80. The summed E-state index contributed by atoms with van der Waals surface area (Å²) < 4.78 is 5.99. The van der Waals surface area contributed by atoms with Gasteiger partial charge in [0, 0.05) is 39.8 Å². The van der Waals surface area contributed by atoms with Crippen LogP contribution in [0.15, 0.2) is 69.9 Å². The fraction of sp³-hybridized carbons (Fsp3) is 0. The Bertz CT molecular complexity index is 2240. The predicted octanol–water partition coefficient (Wildman–Crippen LogP) is 9.75. The minimum Gasteiger partial charge on any atom is -0.506 e. The molecule has 6 rings (SSSR count). The van der Waals surface area contributed by atoms with Gasteiger partial charge < -0.3 is 19.7 Å². The van der Waals surface area contributed by atoms with Crippen molar-refractivity contribution in [2.75, 3.05) is 0 Å². The molecule has 1 aliphatic carbocycles. The minimum absolute atomic E-state index is 0.0412. The van der Waals surface area contributed by atoms with Crippen molar-refractivity contribution in [1.29, 1.82) is 0 Å². The van der Waals surface area contributed by atoms with Gasteiger partial charge in [0.25, 0.3) is 0 Å². The van der Waals surface area contributed by atoms with E-state index in [2.05, 4.69) is 0 Å². The molecule has 0 atom stereocenters. The number of phenolic OH excluding ortho intramolecular Hbond substituents is 1. The molecule has 12 heteroatoms. The van der Waals surface area contributed by atoms with Gasteiger partial charge in [0.1, 0.15) is 17.1 Å². The highest BCUT2D eigenvalue weighted by Crippen LogP contribution is 2.51. The SMILES string of the molecule is O=C(O)c1ccc2cc(-c3cc4c(-c5c(Cl)c(Cl)c(Cl)c(Cl)c5C(=O)O)c5cc(Cl)c(O)cc5oc-4cc3=O)ccc2c1. The zero-order valence-electron chi connectivity index (χ0n) is 21.1. The molecule has 0 fully saturated rings. The lowest BCUT2D eigenvalue weighted by Gasteiger charge is -2.21. The van der Waals surface area contributed by atoms with Crippen LogP contribution in [-0.2, 0) is 0 Å². The lowest BCUT2D eigenvalue weighted by atomic mass is 9.88. The van der Waals surface area contributed by atoms with Gasteiger partial charge in [-0.25, -0.2) is 9.59 Å². The maximum atomic E-state index is 13.4. The smallest absolute Gasteiger partial charge is 0.337 e. The summed E-state index contributed by atoms with van der Waals surface area (Å²) in [6.45, 7) is 0. The number of benzene rings is 5. The summed E-state index contributed by atoms with van der Waals surface area (Å²) in [5, 5.41) is 30.3. The average molecular weight is 675 g/mol. The Hall–Kier alpha value is -3.98. The summed E-state index contributed by atoms with van der Waals surface area (Å²) in [7, 11) is 0. The highest BCUT2D eigenvalue weighted by atomic mass is 35.5. The third-order valence-electron chi connectivity index (χ3n) is 7.02. The van der Waals surface area contributed by atoms with E-state index in [9.17, 15) is 29.7 Å². The summed E-state index contributed by atoms with van der Waals surface area (Å²) in [5.41, 5.74) is 0.315. The van der Waals surface area contributed by atoms with E-state index in [0.29, 0.717) is 16.3 Å². The molecule has 4 aromatic carbocycles. The first-order valence-electron chi connectivity index (χ1n) is 12.2. The van der Waals surface area contributed by atoms with Gasteiger partial charge in [-0.05, 0) is 46.7 Å². The first-order chi connectivity index (χ1) is 20.4. The van der Waals surface area contributed by atoms with Crippen LogP contribution in [0.2, 0.25) is 25.1 Å². The lowest BCUT2D eigenvalue weighted by molar-refractivity contribution is 0.0686. The molecule has 1 heterocycles. The van der Waals surface area contributed by atoms with E-state index in [-0.39, 0.29) is 75.4 Å². The number of halogens is 5. The number of rotatable bonds is 4. The average Bonchev–Trinajstić information content (AvgIpc) is 2.96. The fourth-order valence-electron chi connectivity index (χ4n) is 5.04. The highest BCUT2D eigenvalue weighted by molar-refractivity contribution is 6.54. The molecule has 0 aromatic heterocycles. The lowest BCUT2D eigenvalue weighted by Crippen LogP contribution is -2.08. The van der Waals surface area contributed by atoms with Crippen LogP contribution in [0.25, 0.3) is 55.3 Å². The van der Waals surface area contributed by atoms with Gasteiger partial charge in [0.2, 0.25) is 0 Å². The Kier molecular flexibility index (Phi) is 7.19. The van der Waals surface area contributed by atoms with Crippen molar-refractivity contribution in [3.05, 3.63) is 107 Å². The molecule has 0 bridgehead atoms. The predicted molar refractivity (Wildman–Crippen MR) is 168 cm³/mol. The highest BCUT2D eigenvalue weighted by Gasteiger charge is 2.31. The topological polar surface area (TPSA) is 125 Å². The van der Waals surface area contributed by atoms with Crippen LogP contribution in [0.1, 0.15) is 20.7 Å². The molecule has 3 N–H and O–H groups in total. The minimum atomic E-state index is -1.46. The maximum absolute atomic E-state index is 13.4. The van der Waals surface area contributed by atoms with Crippen molar-refractivity contribution < 1.29 is 29.3 Å². The van der Waals surface area contributed by atoms with Crippen LogP contribution < -0.4 is 5.43 Å². The summed E-state index contributed by atoms with van der Waals surface area (Å²) in [6.07, 6.45) is 0. The van der Waals surface area contributed by atoms with Crippen molar-refractivity contribution in [1.82, 2.24) is 0 Å². The quantitative estimate of drug-likeness (QED) is 0.0966. The second kappa shape index (κ2) is 10.6. The van der Waals surface area contributed by atoms with Gasteiger partial charge in [-0.3, -0.25) is 4.79 Å². The number of aromatic carboxylic acids is 2. The van der Waals surface area contributed by atoms with E-state index in [4.69, 9.17) is 62.4 Å². The molecule has 0 saturated carbocycles. The zero-order valence-corrected chi connectivity index (χ0v) is 24.9. The van der Waals surface area contributed by atoms with Crippen molar-refractivity contribution in [3.8, 4) is 39.3 Å². The molecule has 0 unspecified atom stereocenters. The molecule has 0 amide bonds. The Balaban J connectivity index is 1.75. The standard InChI is InChI=1S/C31H13Cl5O7/c32-18-8-17-22(10-20(18)38)43-21-9-19(37)15(13-3-1-12-6-14(30(39)40)4-2-11(12)5-13)7-16(21)23(17)24-25(31(41)42)27(34)29(36)28(35)26(24)33/h1-10,38H,(H,39,40)(H,41,42). The van der Waals surface area contributed by atoms with Gasteiger partial charge in [-0.2, -0.15) is 0 Å².